The van der Waals surface area contributed by atoms with E-state index in [4.69, 9.17) is 18.9 Å². The quantitative estimate of drug-likeness (QED) is 0.218. The third-order valence-electron chi connectivity index (χ3n) is 9.41. The van der Waals surface area contributed by atoms with E-state index in [2.05, 4.69) is 22.0 Å². The van der Waals surface area contributed by atoms with Gasteiger partial charge in [0.1, 0.15) is 29.9 Å². The number of nitrogens with one attached hydrogen (secondary N) is 1. The van der Waals surface area contributed by atoms with Gasteiger partial charge in [-0.2, -0.15) is 0 Å². The standard InChI is InChI=1S/C38H43N3O7/c1-40(2)34(42)23-48-27-13-10-24(11-14-27)20-31(38(44)46-4)39-37(43)26-12-16-29-32(21-26)41-18-19-47-33-22-28(45-3)15-17-30(33)36(41)35(29)25-8-6-5-7-9-25/h10-17,21-22,25,31H,5-9,18-20,23H2,1-4H3,(H,39,43)/t31-/m0/s1. The fraction of sp³-hybridized carbons (Fsp3) is 0.395. The molecule has 0 spiro atoms. The summed E-state index contributed by atoms with van der Waals surface area (Å²) in [5.74, 6) is 1.45. The molecule has 1 N–H and O–H groups in total. The average Bonchev–Trinajstić information content (AvgIpc) is 3.31. The number of amides is 2. The maximum Gasteiger partial charge on any atom is 0.328 e. The Bertz CT molecular complexity index is 1810. The lowest BCUT2D eigenvalue weighted by atomic mass is 9.81. The Morgan fingerprint density at radius 2 is 1.71 bits per heavy atom. The lowest BCUT2D eigenvalue weighted by molar-refractivity contribution is -0.142. The number of methoxy groups -OCH3 is 2. The molecule has 1 aliphatic carbocycles. The number of carbonyl (C=O) groups excluding carboxylic acids is 3. The molecule has 0 unspecified atom stereocenters. The molecule has 0 bridgehead atoms. The van der Waals surface area contributed by atoms with Gasteiger partial charge in [-0.15, -0.1) is 0 Å². The van der Waals surface area contributed by atoms with Crippen molar-refractivity contribution in [2.45, 2.75) is 57.0 Å². The molecule has 2 aliphatic rings. The van der Waals surface area contributed by atoms with Crippen molar-refractivity contribution in [3.8, 4) is 28.5 Å². The van der Waals surface area contributed by atoms with Gasteiger partial charge in [-0.1, -0.05) is 37.5 Å². The van der Waals surface area contributed by atoms with Gasteiger partial charge in [0, 0.05) is 48.6 Å². The van der Waals surface area contributed by atoms with E-state index in [1.54, 1.807) is 33.3 Å². The Morgan fingerprint density at radius 3 is 2.42 bits per heavy atom. The van der Waals surface area contributed by atoms with Crippen LogP contribution in [0.15, 0.2) is 60.7 Å². The van der Waals surface area contributed by atoms with Crippen LogP contribution in [-0.2, 0) is 27.3 Å². The van der Waals surface area contributed by atoms with Gasteiger partial charge in [-0.05, 0) is 66.3 Å². The van der Waals surface area contributed by atoms with Crippen LogP contribution in [0, 0.1) is 0 Å². The van der Waals surface area contributed by atoms with E-state index < -0.39 is 12.0 Å². The van der Waals surface area contributed by atoms with E-state index in [1.165, 1.54) is 36.8 Å². The van der Waals surface area contributed by atoms with Crippen molar-refractivity contribution in [3.63, 3.8) is 0 Å². The van der Waals surface area contributed by atoms with Crippen LogP contribution in [0.25, 0.3) is 22.2 Å². The highest BCUT2D eigenvalue weighted by atomic mass is 16.5. The predicted molar refractivity (Wildman–Crippen MR) is 183 cm³/mol. The summed E-state index contributed by atoms with van der Waals surface area (Å²) < 4.78 is 24.7. The molecule has 0 radical (unpaired) electrons. The lowest BCUT2D eigenvalue weighted by Crippen LogP contribution is -2.43. The van der Waals surface area contributed by atoms with Crippen LogP contribution < -0.4 is 19.5 Å². The van der Waals surface area contributed by atoms with Crippen LogP contribution in [0.4, 0.5) is 0 Å². The topological polar surface area (TPSA) is 108 Å². The Balaban J connectivity index is 1.29. The minimum atomic E-state index is -0.905. The third kappa shape index (κ3) is 6.83. The Labute approximate surface area is 280 Å². The lowest BCUT2D eigenvalue weighted by Gasteiger charge is -2.23. The van der Waals surface area contributed by atoms with Crippen molar-refractivity contribution in [2.24, 2.45) is 0 Å². The molecule has 6 rings (SSSR count). The molecular weight excluding hydrogens is 610 g/mol. The summed E-state index contributed by atoms with van der Waals surface area (Å²) in [6.07, 6.45) is 6.13. The number of benzene rings is 3. The molecule has 252 valence electrons. The third-order valence-corrected chi connectivity index (χ3v) is 9.41. The second-order valence-corrected chi connectivity index (χ2v) is 12.7. The average molecular weight is 654 g/mol. The van der Waals surface area contributed by atoms with E-state index in [9.17, 15) is 14.4 Å². The van der Waals surface area contributed by atoms with Crippen LogP contribution in [0.2, 0.25) is 0 Å². The fourth-order valence-corrected chi connectivity index (χ4v) is 6.84. The summed E-state index contributed by atoms with van der Waals surface area (Å²) in [5, 5.41) is 4.06. The molecule has 1 aliphatic heterocycles. The van der Waals surface area contributed by atoms with Crippen LogP contribution >= 0.6 is 0 Å². The molecular formula is C38H43N3O7. The summed E-state index contributed by atoms with van der Waals surface area (Å²) in [4.78, 5) is 39.9. The normalized spacial score (nSPS) is 14.9. The van der Waals surface area contributed by atoms with Crippen molar-refractivity contribution < 1.29 is 33.3 Å². The molecule has 10 heteroatoms. The summed E-state index contributed by atoms with van der Waals surface area (Å²) in [6, 6.07) is 18.0. The Morgan fingerprint density at radius 1 is 0.958 bits per heavy atom. The maximum atomic E-state index is 13.8. The molecule has 2 amide bonds. The maximum absolute atomic E-state index is 13.8. The molecule has 0 saturated heterocycles. The number of nitrogens with zero attached hydrogens (tertiary/aromatic N) is 2. The number of rotatable bonds is 10. The van der Waals surface area contributed by atoms with Crippen molar-refractivity contribution in [3.05, 3.63) is 77.4 Å². The monoisotopic (exact) mass is 653 g/mol. The molecule has 2 heterocycles. The van der Waals surface area contributed by atoms with Crippen LogP contribution in [-0.4, -0.2) is 74.8 Å². The van der Waals surface area contributed by atoms with Gasteiger partial charge in [0.25, 0.3) is 11.8 Å². The van der Waals surface area contributed by atoms with Gasteiger partial charge in [0.2, 0.25) is 0 Å². The zero-order chi connectivity index (χ0) is 33.8. The number of aromatic nitrogens is 1. The fourth-order valence-electron chi connectivity index (χ4n) is 6.84. The molecule has 48 heavy (non-hydrogen) atoms. The first-order valence-corrected chi connectivity index (χ1v) is 16.5. The second-order valence-electron chi connectivity index (χ2n) is 12.7. The van der Waals surface area contributed by atoms with Gasteiger partial charge in [-0.3, -0.25) is 9.59 Å². The molecule has 1 atom stereocenters. The summed E-state index contributed by atoms with van der Waals surface area (Å²) in [6.45, 7) is 1.05. The minimum absolute atomic E-state index is 0.0706. The first-order chi connectivity index (χ1) is 23.3. The van der Waals surface area contributed by atoms with E-state index in [0.29, 0.717) is 30.4 Å². The van der Waals surface area contributed by atoms with Crippen LogP contribution in [0.1, 0.15) is 59.5 Å². The molecule has 10 nitrogen and oxygen atoms in total. The smallest absolute Gasteiger partial charge is 0.328 e. The highest BCUT2D eigenvalue weighted by Gasteiger charge is 2.30. The van der Waals surface area contributed by atoms with E-state index >= 15 is 0 Å². The number of likely N-dealkylation sites (N-methyl/N-ethyl adjacent to an activating group) is 1. The molecule has 1 fully saturated rings. The Kier molecular flexibility index (Phi) is 9.89. The molecule has 1 aromatic heterocycles. The van der Waals surface area contributed by atoms with E-state index in [0.717, 1.165) is 52.1 Å². The number of carbonyl (C=O) groups is 3. The zero-order valence-electron chi connectivity index (χ0n) is 28.0. The van der Waals surface area contributed by atoms with Gasteiger partial charge < -0.3 is 33.7 Å². The van der Waals surface area contributed by atoms with Gasteiger partial charge in [0.15, 0.2) is 6.61 Å². The van der Waals surface area contributed by atoms with Crippen LogP contribution in [0.3, 0.4) is 0 Å². The van der Waals surface area contributed by atoms with Gasteiger partial charge >= 0.3 is 5.97 Å². The number of ether oxygens (including phenoxy) is 4. The highest BCUT2D eigenvalue weighted by molar-refractivity contribution is 6.02. The minimum Gasteiger partial charge on any atom is -0.497 e. The number of esters is 1. The number of hydrogen-bond acceptors (Lipinski definition) is 7. The van der Waals surface area contributed by atoms with Crippen LogP contribution in [0.5, 0.6) is 17.2 Å². The van der Waals surface area contributed by atoms with Gasteiger partial charge in [0.05, 0.1) is 26.5 Å². The van der Waals surface area contributed by atoms with Crippen molar-refractivity contribution >= 4 is 28.7 Å². The van der Waals surface area contributed by atoms with Crippen molar-refractivity contribution in [1.29, 1.82) is 0 Å². The summed E-state index contributed by atoms with van der Waals surface area (Å²) >= 11 is 0. The second kappa shape index (κ2) is 14.4. The molecule has 3 aromatic carbocycles. The zero-order valence-corrected chi connectivity index (χ0v) is 28.0. The van der Waals surface area contributed by atoms with Crippen molar-refractivity contribution in [2.75, 3.05) is 41.5 Å². The van der Waals surface area contributed by atoms with Gasteiger partial charge in [-0.25, -0.2) is 4.79 Å². The molecule has 4 aromatic rings. The first-order valence-electron chi connectivity index (χ1n) is 16.5. The summed E-state index contributed by atoms with van der Waals surface area (Å²) in [7, 11) is 6.30. The molecule has 1 saturated carbocycles. The van der Waals surface area contributed by atoms with E-state index in [-0.39, 0.29) is 24.8 Å². The largest absolute Gasteiger partial charge is 0.497 e. The predicted octanol–water partition coefficient (Wildman–Crippen LogP) is 5.74. The SMILES string of the molecule is COC(=O)[C@H](Cc1ccc(OCC(=O)N(C)C)cc1)NC(=O)c1ccc2c(C3CCCCC3)c3n(c2c1)CCOc1cc(OC)ccc1-3. The Hall–Kier alpha value is -4.99. The summed E-state index contributed by atoms with van der Waals surface area (Å²) in [5.41, 5.74) is 5.74. The van der Waals surface area contributed by atoms with E-state index in [1.807, 2.05) is 36.4 Å². The number of hydrogen-bond donors (Lipinski definition) is 1. The number of fused-ring (bicyclic) bond motifs is 5. The van der Waals surface area contributed by atoms with Crippen molar-refractivity contribution in [1.82, 2.24) is 14.8 Å². The first kappa shape index (κ1) is 32.9. The highest BCUT2D eigenvalue weighted by Crippen LogP contribution is 2.47.